The van der Waals surface area contributed by atoms with Crippen LogP contribution in [0.5, 0.6) is 0 Å². The van der Waals surface area contributed by atoms with Crippen LogP contribution in [-0.4, -0.2) is 55.4 Å². The van der Waals surface area contributed by atoms with Gasteiger partial charge in [0.05, 0.1) is 0 Å². The Kier molecular flexibility index (Phi) is 6.01. The second-order valence-corrected chi connectivity index (χ2v) is 9.07. The highest BCUT2D eigenvalue weighted by atomic mass is 16.2. The molecule has 0 saturated carbocycles. The van der Waals surface area contributed by atoms with Crippen LogP contribution in [0.15, 0.2) is 42.6 Å². The molecule has 5 rings (SSSR count). The number of benzene rings is 2. The van der Waals surface area contributed by atoms with Crippen LogP contribution in [0.4, 0.5) is 5.69 Å². The molecule has 2 N–H and O–H groups in total. The number of anilines is 1. The van der Waals surface area contributed by atoms with Crippen LogP contribution in [0, 0.1) is 0 Å². The molecule has 0 unspecified atom stereocenters. The molecule has 6 nitrogen and oxygen atoms in total. The van der Waals surface area contributed by atoms with Crippen LogP contribution in [0.1, 0.15) is 35.1 Å². The van der Waals surface area contributed by atoms with Crippen LogP contribution < -0.4 is 10.2 Å². The number of nitrogens with zero attached hydrogens (tertiary/aromatic N) is 2. The van der Waals surface area contributed by atoms with Crippen LogP contribution in [0.2, 0.25) is 0 Å². The van der Waals surface area contributed by atoms with E-state index in [0.717, 1.165) is 67.5 Å². The second kappa shape index (κ2) is 9.24. The van der Waals surface area contributed by atoms with E-state index in [0.29, 0.717) is 12.0 Å². The third-order valence-corrected chi connectivity index (χ3v) is 6.97. The summed E-state index contributed by atoms with van der Waals surface area (Å²) in [5, 5.41) is 3.33. The van der Waals surface area contributed by atoms with Gasteiger partial charge in [-0.05, 0) is 73.7 Å². The minimum absolute atomic E-state index is 0.385. The number of aromatic amines is 1. The van der Waals surface area contributed by atoms with Gasteiger partial charge in [-0.15, -0.1) is 0 Å². The van der Waals surface area contributed by atoms with E-state index in [-0.39, 0.29) is 5.91 Å². The summed E-state index contributed by atoms with van der Waals surface area (Å²) in [6, 6.07) is 12.5. The number of nitrogens with one attached hydrogen (secondary N) is 2. The van der Waals surface area contributed by atoms with E-state index in [4.69, 9.17) is 0 Å². The van der Waals surface area contributed by atoms with E-state index in [9.17, 15) is 9.59 Å². The lowest BCUT2D eigenvalue weighted by Gasteiger charge is -2.35. The summed E-state index contributed by atoms with van der Waals surface area (Å²) >= 11 is 0. The van der Waals surface area contributed by atoms with Gasteiger partial charge in [-0.2, -0.15) is 0 Å². The molecule has 6 heteroatoms. The van der Waals surface area contributed by atoms with Gasteiger partial charge in [0.2, 0.25) is 6.41 Å². The van der Waals surface area contributed by atoms with Gasteiger partial charge in [0, 0.05) is 60.1 Å². The maximum atomic E-state index is 13.0. The minimum Gasteiger partial charge on any atom is -0.369 e. The Balaban J connectivity index is 1.64. The van der Waals surface area contributed by atoms with Gasteiger partial charge in [-0.3, -0.25) is 14.9 Å². The van der Waals surface area contributed by atoms with Crippen molar-refractivity contribution in [1.29, 1.82) is 0 Å². The SMILES string of the molecule is CN1CCN(c2cc(/C=C(/C(=O)NC=O)c3c[nH]c4ccccc34)c3c(c2)CCCC3)CC1. The molecule has 2 amide bonds. The van der Waals surface area contributed by atoms with Gasteiger partial charge < -0.3 is 14.8 Å². The summed E-state index contributed by atoms with van der Waals surface area (Å²) in [5.74, 6) is -0.385. The first-order valence-corrected chi connectivity index (χ1v) is 11.8. The monoisotopic (exact) mass is 442 g/mol. The zero-order chi connectivity index (χ0) is 22.8. The molecule has 2 aliphatic rings. The van der Waals surface area contributed by atoms with Gasteiger partial charge in [-0.1, -0.05) is 18.2 Å². The van der Waals surface area contributed by atoms with Crippen molar-refractivity contribution in [2.75, 3.05) is 38.1 Å². The molecule has 3 aromatic rings. The molecule has 170 valence electrons. The summed E-state index contributed by atoms with van der Waals surface area (Å²) < 4.78 is 0. The number of piperazine rings is 1. The highest BCUT2D eigenvalue weighted by Crippen LogP contribution is 2.34. The molecule has 1 aliphatic heterocycles. The van der Waals surface area contributed by atoms with Crippen LogP contribution in [0.25, 0.3) is 22.6 Å². The lowest BCUT2D eigenvalue weighted by Crippen LogP contribution is -2.44. The van der Waals surface area contributed by atoms with Crippen molar-refractivity contribution in [1.82, 2.24) is 15.2 Å². The highest BCUT2D eigenvalue weighted by molar-refractivity contribution is 6.28. The van der Waals surface area contributed by atoms with Gasteiger partial charge in [0.1, 0.15) is 0 Å². The first-order chi connectivity index (χ1) is 16.1. The number of carbonyl (C=O) groups is 2. The van der Waals surface area contributed by atoms with E-state index < -0.39 is 0 Å². The number of likely N-dealkylation sites (N-methyl/N-ethyl adjacent to an activating group) is 1. The number of fused-ring (bicyclic) bond motifs is 2. The lowest BCUT2D eigenvalue weighted by molar-refractivity contribution is -0.121. The van der Waals surface area contributed by atoms with Gasteiger partial charge in [0.25, 0.3) is 5.91 Å². The predicted octanol–water partition coefficient (Wildman–Crippen LogP) is 3.61. The number of rotatable bonds is 5. The molecule has 2 aromatic carbocycles. The number of hydrogen-bond acceptors (Lipinski definition) is 4. The Morgan fingerprint density at radius 1 is 1.06 bits per heavy atom. The van der Waals surface area contributed by atoms with Gasteiger partial charge >= 0.3 is 0 Å². The van der Waals surface area contributed by atoms with Crippen molar-refractivity contribution in [2.45, 2.75) is 25.7 Å². The average Bonchev–Trinajstić information content (AvgIpc) is 3.27. The van der Waals surface area contributed by atoms with E-state index >= 15 is 0 Å². The van der Waals surface area contributed by atoms with Crippen molar-refractivity contribution in [3.63, 3.8) is 0 Å². The summed E-state index contributed by atoms with van der Waals surface area (Å²) in [6.07, 6.45) is 8.74. The fraction of sp³-hybridized carbons (Fsp3) is 0.333. The smallest absolute Gasteiger partial charge is 0.258 e. The molecule has 1 aliphatic carbocycles. The molecular weight excluding hydrogens is 412 g/mol. The summed E-state index contributed by atoms with van der Waals surface area (Å²) in [4.78, 5) is 32.2. The van der Waals surface area contributed by atoms with E-state index in [1.165, 1.54) is 23.2 Å². The zero-order valence-electron chi connectivity index (χ0n) is 19.1. The number of H-pyrrole nitrogens is 1. The number of aromatic nitrogens is 1. The van der Waals surface area contributed by atoms with Crippen molar-refractivity contribution < 1.29 is 9.59 Å². The van der Waals surface area contributed by atoms with Crippen LogP contribution in [0.3, 0.4) is 0 Å². The third kappa shape index (κ3) is 4.31. The van der Waals surface area contributed by atoms with Crippen LogP contribution in [-0.2, 0) is 22.4 Å². The summed E-state index contributed by atoms with van der Waals surface area (Å²) in [6.45, 7) is 4.09. The Hall–Kier alpha value is -3.38. The molecular formula is C27H30N4O2. The Bertz CT molecular complexity index is 1220. The molecule has 0 spiro atoms. The molecule has 1 aromatic heterocycles. The molecule has 1 fully saturated rings. The van der Waals surface area contributed by atoms with Crippen molar-refractivity contribution in [3.05, 3.63) is 64.8 Å². The first-order valence-electron chi connectivity index (χ1n) is 11.8. The summed E-state index contributed by atoms with van der Waals surface area (Å²) in [5.41, 5.74) is 7.30. The normalized spacial score (nSPS) is 17.1. The Morgan fingerprint density at radius 3 is 2.67 bits per heavy atom. The minimum atomic E-state index is -0.385. The van der Waals surface area contributed by atoms with Gasteiger partial charge in [-0.25, -0.2) is 0 Å². The third-order valence-electron chi connectivity index (χ3n) is 6.97. The molecule has 1 saturated heterocycles. The first kappa shape index (κ1) is 21.5. The number of amides is 2. The standard InChI is InChI=1S/C27H30N4O2/c1-30-10-12-31(13-11-30)21-14-19-6-2-3-7-22(19)20(15-21)16-24(27(33)29-18-32)25-17-28-26-9-5-4-8-23(25)26/h4-5,8-9,14-18,28H,2-3,6-7,10-13H2,1H3,(H,29,32,33)/b24-16+. The van der Waals surface area contributed by atoms with Crippen LogP contribution >= 0.6 is 0 Å². The van der Waals surface area contributed by atoms with E-state index in [2.05, 4.69) is 39.3 Å². The number of para-hydroxylation sites is 1. The number of carbonyl (C=O) groups excluding carboxylic acids is 2. The highest BCUT2D eigenvalue weighted by Gasteiger charge is 2.21. The Labute approximate surface area is 194 Å². The van der Waals surface area contributed by atoms with E-state index in [1.54, 1.807) is 0 Å². The fourth-order valence-corrected chi connectivity index (χ4v) is 5.11. The number of aryl methyl sites for hydroxylation is 1. The average molecular weight is 443 g/mol. The molecule has 33 heavy (non-hydrogen) atoms. The zero-order valence-corrected chi connectivity index (χ0v) is 19.1. The second-order valence-electron chi connectivity index (χ2n) is 9.07. The molecule has 0 bridgehead atoms. The number of hydrogen-bond donors (Lipinski definition) is 2. The van der Waals surface area contributed by atoms with E-state index in [1.807, 2.05) is 36.5 Å². The number of imide groups is 1. The van der Waals surface area contributed by atoms with Gasteiger partial charge in [0.15, 0.2) is 0 Å². The van der Waals surface area contributed by atoms with Crippen molar-refractivity contribution in [3.8, 4) is 0 Å². The maximum absolute atomic E-state index is 13.0. The Morgan fingerprint density at radius 2 is 1.85 bits per heavy atom. The fourth-order valence-electron chi connectivity index (χ4n) is 5.11. The van der Waals surface area contributed by atoms with Crippen molar-refractivity contribution in [2.24, 2.45) is 0 Å². The predicted molar refractivity (Wildman–Crippen MR) is 133 cm³/mol. The maximum Gasteiger partial charge on any atom is 0.258 e. The van der Waals surface area contributed by atoms with Crippen molar-refractivity contribution >= 4 is 40.6 Å². The summed E-state index contributed by atoms with van der Waals surface area (Å²) in [7, 11) is 2.16. The molecule has 0 atom stereocenters. The molecule has 2 heterocycles. The largest absolute Gasteiger partial charge is 0.369 e. The quantitative estimate of drug-likeness (QED) is 0.468. The topological polar surface area (TPSA) is 68.4 Å². The molecule has 0 radical (unpaired) electrons. The lowest BCUT2D eigenvalue weighted by atomic mass is 9.86.